The molecular formula is C10H18N4O3. The van der Waals surface area contributed by atoms with Crippen LogP contribution in [-0.4, -0.2) is 45.3 Å². The summed E-state index contributed by atoms with van der Waals surface area (Å²) in [5, 5.41) is 16.4. The Morgan fingerprint density at radius 2 is 2.29 bits per heavy atom. The molecule has 0 saturated heterocycles. The van der Waals surface area contributed by atoms with Crippen molar-refractivity contribution in [3.8, 4) is 0 Å². The lowest BCUT2D eigenvalue weighted by Gasteiger charge is -2.09. The van der Waals surface area contributed by atoms with Crippen molar-refractivity contribution in [2.75, 3.05) is 13.2 Å². The van der Waals surface area contributed by atoms with Gasteiger partial charge in [0, 0.05) is 6.42 Å². The van der Waals surface area contributed by atoms with E-state index in [4.69, 9.17) is 15.6 Å². The standard InChI is InChI=1S/C10H18N4O3/c1-7(2)17-6-5-14-8(3-4-11)9(10(15)16)12-13-14/h7H,3-6,11H2,1-2H3,(H,15,16). The fourth-order valence-corrected chi connectivity index (χ4v) is 1.44. The number of carboxylic acid groups (broad SMARTS) is 1. The minimum Gasteiger partial charge on any atom is -0.476 e. The molecule has 17 heavy (non-hydrogen) atoms. The molecule has 0 aliphatic heterocycles. The average molecular weight is 242 g/mol. The molecule has 0 aliphatic carbocycles. The van der Waals surface area contributed by atoms with Crippen LogP contribution in [-0.2, 0) is 17.7 Å². The molecule has 0 aromatic carbocycles. The van der Waals surface area contributed by atoms with Gasteiger partial charge < -0.3 is 15.6 Å². The molecular weight excluding hydrogens is 224 g/mol. The first-order valence-electron chi connectivity index (χ1n) is 5.53. The van der Waals surface area contributed by atoms with E-state index in [9.17, 15) is 4.79 Å². The van der Waals surface area contributed by atoms with Gasteiger partial charge in [0.2, 0.25) is 0 Å². The predicted molar refractivity (Wildman–Crippen MR) is 60.8 cm³/mol. The van der Waals surface area contributed by atoms with Crippen molar-refractivity contribution in [3.63, 3.8) is 0 Å². The van der Waals surface area contributed by atoms with Crippen LogP contribution < -0.4 is 5.73 Å². The van der Waals surface area contributed by atoms with Crippen LogP contribution in [0.3, 0.4) is 0 Å². The van der Waals surface area contributed by atoms with Crippen molar-refractivity contribution < 1.29 is 14.6 Å². The maximum atomic E-state index is 10.9. The van der Waals surface area contributed by atoms with E-state index in [2.05, 4.69) is 10.3 Å². The first-order chi connectivity index (χ1) is 8.06. The van der Waals surface area contributed by atoms with E-state index in [-0.39, 0.29) is 11.8 Å². The number of hydrogen-bond acceptors (Lipinski definition) is 5. The molecule has 7 heteroatoms. The van der Waals surface area contributed by atoms with Gasteiger partial charge in [-0.25, -0.2) is 9.48 Å². The number of aromatic carboxylic acids is 1. The fraction of sp³-hybridized carbons (Fsp3) is 0.700. The molecule has 0 saturated carbocycles. The van der Waals surface area contributed by atoms with Crippen molar-refractivity contribution in [2.45, 2.75) is 32.9 Å². The molecule has 0 atom stereocenters. The molecule has 7 nitrogen and oxygen atoms in total. The van der Waals surface area contributed by atoms with Crippen molar-refractivity contribution in [1.82, 2.24) is 15.0 Å². The third-order valence-corrected chi connectivity index (χ3v) is 2.18. The lowest BCUT2D eigenvalue weighted by Crippen LogP contribution is -2.17. The molecule has 0 fully saturated rings. The van der Waals surface area contributed by atoms with Gasteiger partial charge in [-0.3, -0.25) is 0 Å². The van der Waals surface area contributed by atoms with E-state index in [0.29, 0.717) is 31.8 Å². The Labute approximate surface area is 99.6 Å². The molecule has 0 radical (unpaired) electrons. The molecule has 3 N–H and O–H groups in total. The van der Waals surface area contributed by atoms with Crippen LogP contribution in [0.15, 0.2) is 0 Å². The van der Waals surface area contributed by atoms with Crippen molar-refractivity contribution in [1.29, 1.82) is 0 Å². The first kappa shape index (κ1) is 13.6. The number of aromatic nitrogens is 3. The van der Waals surface area contributed by atoms with Crippen LogP contribution in [0.25, 0.3) is 0 Å². The van der Waals surface area contributed by atoms with E-state index in [1.54, 1.807) is 4.68 Å². The number of hydrogen-bond donors (Lipinski definition) is 2. The lowest BCUT2D eigenvalue weighted by molar-refractivity contribution is 0.0681. The fourth-order valence-electron chi connectivity index (χ4n) is 1.44. The Balaban J connectivity index is 2.73. The second-order valence-corrected chi connectivity index (χ2v) is 3.87. The zero-order valence-corrected chi connectivity index (χ0v) is 10.1. The van der Waals surface area contributed by atoms with Crippen LogP contribution in [0.4, 0.5) is 0 Å². The summed E-state index contributed by atoms with van der Waals surface area (Å²) in [6.07, 6.45) is 0.575. The third kappa shape index (κ3) is 3.79. The zero-order chi connectivity index (χ0) is 12.8. The Morgan fingerprint density at radius 1 is 1.59 bits per heavy atom. The first-order valence-corrected chi connectivity index (χ1v) is 5.53. The van der Waals surface area contributed by atoms with Crippen LogP contribution >= 0.6 is 0 Å². The SMILES string of the molecule is CC(C)OCCn1nnc(C(=O)O)c1CCN. The third-order valence-electron chi connectivity index (χ3n) is 2.18. The smallest absolute Gasteiger partial charge is 0.358 e. The highest BCUT2D eigenvalue weighted by atomic mass is 16.5. The maximum absolute atomic E-state index is 10.9. The zero-order valence-electron chi connectivity index (χ0n) is 10.1. The molecule has 0 bridgehead atoms. The summed E-state index contributed by atoms with van der Waals surface area (Å²) in [6.45, 7) is 5.18. The van der Waals surface area contributed by atoms with Crippen LogP contribution in [0.2, 0.25) is 0 Å². The van der Waals surface area contributed by atoms with Gasteiger partial charge in [0.1, 0.15) is 0 Å². The van der Waals surface area contributed by atoms with Crippen LogP contribution in [0.1, 0.15) is 30.0 Å². The monoisotopic (exact) mass is 242 g/mol. The van der Waals surface area contributed by atoms with Gasteiger partial charge >= 0.3 is 5.97 Å². The Morgan fingerprint density at radius 3 is 2.82 bits per heavy atom. The number of carboxylic acids is 1. The number of rotatable bonds is 7. The van der Waals surface area contributed by atoms with Gasteiger partial charge in [-0.05, 0) is 20.4 Å². The van der Waals surface area contributed by atoms with E-state index < -0.39 is 5.97 Å². The van der Waals surface area contributed by atoms with E-state index >= 15 is 0 Å². The van der Waals surface area contributed by atoms with Gasteiger partial charge in [-0.1, -0.05) is 5.21 Å². The minimum atomic E-state index is -1.08. The average Bonchev–Trinajstić information content (AvgIpc) is 2.62. The summed E-state index contributed by atoms with van der Waals surface area (Å²) >= 11 is 0. The summed E-state index contributed by atoms with van der Waals surface area (Å²) in [6, 6.07) is 0. The van der Waals surface area contributed by atoms with E-state index in [1.165, 1.54) is 0 Å². The van der Waals surface area contributed by atoms with Crippen molar-refractivity contribution in [3.05, 3.63) is 11.4 Å². The molecule has 1 heterocycles. The summed E-state index contributed by atoms with van der Waals surface area (Å²) in [7, 11) is 0. The molecule has 0 aliphatic rings. The second kappa shape index (κ2) is 6.31. The van der Waals surface area contributed by atoms with Gasteiger partial charge in [-0.15, -0.1) is 5.10 Å². The van der Waals surface area contributed by atoms with Crippen molar-refractivity contribution in [2.24, 2.45) is 5.73 Å². The lowest BCUT2D eigenvalue weighted by atomic mass is 10.2. The topological polar surface area (TPSA) is 103 Å². The predicted octanol–water partition coefficient (Wildman–Crippen LogP) is -0.0975. The maximum Gasteiger partial charge on any atom is 0.358 e. The summed E-state index contributed by atoms with van der Waals surface area (Å²) in [4.78, 5) is 10.9. The summed E-state index contributed by atoms with van der Waals surface area (Å²) in [5.41, 5.74) is 5.96. The van der Waals surface area contributed by atoms with Gasteiger partial charge in [0.05, 0.1) is 24.9 Å². The molecule has 1 aromatic heterocycles. The highest BCUT2D eigenvalue weighted by Gasteiger charge is 2.17. The van der Waals surface area contributed by atoms with Crippen LogP contribution in [0, 0.1) is 0 Å². The molecule has 0 amide bonds. The molecule has 96 valence electrons. The quantitative estimate of drug-likeness (QED) is 0.692. The number of carbonyl (C=O) groups is 1. The molecule has 0 spiro atoms. The summed E-state index contributed by atoms with van der Waals surface area (Å²) < 4.78 is 6.92. The Bertz CT molecular complexity index is 376. The van der Waals surface area contributed by atoms with Crippen LogP contribution in [0.5, 0.6) is 0 Å². The normalized spacial score (nSPS) is 11.1. The van der Waals surface area contributed by atoms with Crippen molar-refractivity contribution >= 4 is 5.97 Å². The second-order valence-electron chi connectivity index (χ2n) is 3.87. The molecule has 1 aromatic rings. The van der Waals surface area contributed by atoms with E-state index in [1.807, 2.05) is 13.8 Å². The summed E-state index contributed by atoms with van der Waals surface area (Å²) in [5.74, 6) is -1.08. The van der Waals surface area contributed by atoms with Gasteiger partial charge in [0.25, 0.3) is 0 Å². The highest BCUT2D eigenvalue weighted by molar-refractivity contribution is 5.86. The Kier molecular flexibility index (Phi) is 5.05. The number of nitrogens with zero attached hydrogens (tertiary/aromatic N) is 3. The van der Waals surface area contributed by atoms with Gasteiger partial charge in [0.15, 0.2) is 5.69 Å². The Hall–Kier alpha value is -1.47. The number of nitrogens with two attached hydrogens (primary N) is 1. The van der Waals surface area contributed by atoms with E-state index in [0.717, 1.165) is 0 Å². The largest absolute Gasteiger partial charge is 0.476 e. The minimum absolute atomic E-state index is 0.0278. The van der Waals surface area contributed by atoms with Gasteiger partial charge in [-0.2, -0.15) is 0 Å². The molecule has 0 unspecified atom stereocenters. The number of ether oxygens (including phenoxy) is 1. The highest BCUT2D eigenvalue weighted by Crippen LogP contribution is 2.06. The molecule has 1 rings (SSSR count).